The Hall–Kier alpha value is -2.85. The summed E-state index contributed by atoms with van der Waals surface area (Å²) in [6.45, 7) is 0. The fraction of sp³-hybridized carbons (Fsp3) is 0. The molecule has 0 saturated carbocycles. The Kier molecular flexibility index (Phi) is 6.35. The van der Waals surface area contributed by atoms with E-state index in [1.54, 1.807) is 12.1 Å². The van der Waals surface area contributed by atoms with Crippen molar-refractivity contribution in [3.05, 3.63) is 92.9 Å². The largest absolute Gasteiger partial charge is 0.436 e. The van der Waals surface area contributed by atoms with E-state index in [0.29, 0.717) is 26.2 Å². The molecule has 5 rings (SSSR count). The molecule has 34 heavy (non-hydrogen) atoms. The molecule has 5 nitrogen and oxygen atoms in total. The molecular weight excluding hydrogens is 561 g/mol. The van der Waals surface area contributed by atoms with Gasteiger partial charge < -0.3 is 4.74 Å². The van der Waals surface area contributed by atoms with Crippen molar-refractivity contribution in [2.24, 2.45) is 0 Å². The van der Waals surface area contributed by atoms with Crippen LogP contribution in [0.4, 0.5) is 10.1 Å². The molecule has 2 heterocycles. The minimum atomic E-state index is -0.759. The molecule has 1 saturated heterocycles. The van der Waals surface area contributed by atoms with Crippen molar-refractivity contribution in [2.75, 3.05) is 4.90 Å². The van der Waals surface area contributed by atoms with Crippen LogP contribution in [0.5, 0.6) is 11.6 Å². The number of hydrogen-bond acceptors (Lipinski definition) is 6. The topological polar surface area (TPSA) is 55.3 Å². The number of anilines is 1. The quantitative estimate of drug-likeness (QED) is 0.144. The van der Waals surface area contributed by atoms with E-state index in [-0.39, 0.29) is 17.1 Å². The first-order chi connectivity index (χ1) is 16.4. The standard InChI is InChI=1S/C24H12BrClFN3O2S2/c25-14-6-8-15(9-7-14)30-22(31)20(34-24(30)33)11-17-16-4-2-1-3-13(16)5-10-19(17)32-21-18(27)12-28-23(26)29-21/h1-12H/b20-11+. The predicted molar refractivity (Wildman–Crippen MR) is 141 cm³/mol. The predicted octanol–water partition coefficient (Wildman–Crippen LogP) is 7.38. The van der Waals surface area contributed by atoms with Crippen LogP contribution in [0.25, 0.3) is 16.8 Å². The molecule has 168 valence electrons. The molecule has 1 fully saturated rings. The summed E-state index contributed by atoms with van der Waals surface area (Å²) in [5.74, 6) is -1.02. The zero-order valence-corrected chi connectivity index (χ0v) is 21.0. The van der Waals surface area contributed by atoms with Crippen LogP contribution in [-0.2, 0) is 4.79 Å². The van der Waals surface area contributed by atoms with Crippen LogP contribution >= 0.6 is 51.5 Å². The van der Waals surface area contributed by atoms with E-state index in [1.165, 1.54) is 16.7 Å². The minimum absolute atomic E-state index is 0.144. The highest BCUT2D eigenvalue weighted by atomic mass is 79.9. The van der Waals surface area contributed by atoms with Crippen molar-refractivity contribution >= 4 is 84.3 Å². The van der Waals surface area contributed by atoms with E-state index in [4.69, 9.17) is 28.6 Å². The molecule has 0 bridgehead atoms. The van der Waals surface area contributed by atoms with Gasteiger partial charge in [0, 0.05) is 10.0 Å². The van der Waals surface area contributed by atoms with Crippen molar-refractivity contribution in [3.8, 4) is 11.6 Å². The lowest BCUT2D eigenvalue weighted by molar-refractivity contribution is -0.113. The molecule has 0 unspecified atom stereocenters. The van der Waals surface area contributed by atoms with Gasteiger partial charge in [-0.05, 0) is 58.8 Å². The Morgan fingerprint density at radius 1 is 1.12 bits per heavy atom. The fourth-order valence-electron chi connectivity index (χ4n) is 3.43. The number of carbonyl (C=O) groups excluding carboxylic acids is 1. The maximum absolute atomic E-state index is 14.3. The molecule has 3 aromatic carbocycles. The second-order valence-electron chi connectivity index (χ2n) is 7.09. The number of ether oxygens (including phenoxy) is 1. The average molecular weight is 573 g/mol. The van der Waals surface area contributed by atoms with Crippen molar-refractivity contribution in [3.63, 3.8) is 0 Å². The summed E-state index contributed by atoms with van der Waals surface area (Å²) < 4.78 is 21.4. The molecule has 0 spiro atoms. The first kappa shape index (κ1) is 22.9. The second-order valence-corrected chi connectivity index (χ2v) is 10.0. The van der Waals surface area contributed by atoms with Crippen molar-refractivity contribution in [1.29, 1.82) is 0 Å². The first-order valence-corrected chi connectivity index (χ1v) is 12.2. The zero-order valence-electron chi connectivity index (χ0n) is 17.0. The number of nitrogens with zero attached hydrogens (tertiary/aromatic N) is 3. The Balaban J connectivity index is 1.60. The van der Waals surface area contributed by atoms with Gasteiger partial charge in [0.15, 0.2) is 4.32 Å². The van der Waals surface area contributed by atoms with Crippen molar-refractivity contribution in [1.82, 2.24) is 9.97 Å². The van der Waals surface area contributed by atoms with Gasteiger partial charge in [0.1, 0.15) is 5.75 Å². The SMILES string of the molecule is O=C1/C(=C\c2c(Oc3nc(Cl)ncc3F)ccc3ccccc23)SC(=S)N1c1ccc(Br)cc1. The molecule has 1 aromatic heterocycles. The van der Waals surface area contributed by atoms with Gasteiger partial charge in [0.2, 0.25) is 11.1 Å². The second kappa shape index (κ2) is 9.42. The summed E-state index contributed by atoms with van der Waals surface area (Å²) in [5.41, 5.74) is 1.25. The average Bonchev–Trinajstić information content (AvgIpc) is 3.11. The number of thiocarbonyl (C=S) groups is 1. The van der Waals surface area contributed by atoms with Gasteiger partial charge in [-0.15, -0.1) is 0 Å². The third-order valence-electron chi connectivity index (χ3n) is 4.97. The summed E-state index contributed by atoms with van der Waals surface area (Å²) in [6.07, 6.45) is 2.64. The van der Waals surface area contributed by atoms with E-state index >= 15 is 0 Å². The van der Waals surface area contributed by atoms with Crippen LogP contribution in [0.3, 0.4) is 0 Å². The first-order valence-electron chi connectivity index (χ1n) is 9.82. The number of benzene rings is 3. The molecular formula is C24H12BrClFN3O2S2. The zero-order chi connectivity index (χ0) is 23.8. The van der Waals surface area contributed by atoms with Crippen LogP contribution in [0, 0.1) is 5.82 Å². The monoisotopic (exact) mass is 571 g/mol. The number of carbonyl (C=O) groups is 1. The Bertz CT molecular complexity index is 1500. The van der Waals surface area contributed by atoms with Crippen LogP contribution in [-0.4, -0.2) is 20.2 Å². The highest BCUT2D eigenvalue weighted by Gasteiger charge is 2.33. The number of fused-ring (bicyclic) bond motifs is 1. The van der Waals surface area contributed by atoms with Crippen LogP contribution in [0.15, 0.2) is 76.2 Å². The van der Waals surface area contributed by atoms with Gasteiger partial charge in [-0.25, -0.2) is 4.98 Å². The number of amides is 1. The van der Waals surface area contributed by atoms with E-state index < -0.39 is 5.82 Å². The van der Waals surface area contributed by atoms with Crippen molar-refractivity contribution in [2.45, 2.75) is 0 Å². The van der Waals surface area contributed by atoms with Crippen LogP contribution in [0.1, 0.15) is 5.56 Å². The number of thioether (sulfide) groups is 1. The summed E-state index contributed by atoms with van der Waals surface area (Å²) in [6, 6.07) is 18.5. The molecule has 1 amide bonds. The number of halogens is 3. The van der Waals surface area contributed by atoms with Crippen molar-refractivity contribution < 1.29 is 13.9 Å². The maximum Gasteiger partial charge on any atom is 0.270 e. The highest BCUT2D eigenvalue weighted by molar-refractivity contribution is 9.10. The molecule has 0 atom stereocenters. The Labute approximate surface area is 216 Å². The lowest BCUT2D eigenvalue weighted by Gasteiger charge is -2.14. The third-order valence-corrected chi connectivity index (χ3v) is 6.99. The summed E-state index contributed by atoms with van der Waals surface area (Å²) >= 11 is 15.9. The number of hydrogen-bond donors (Lipinski definition) is 0. The minimum Gasteiger partial charge on any atom is -0.436 e. The summed E-state index contributed by atoms with van der Waals surface area (Å²) in [5, 5.41) is 1.59. The lowest BCUT2D eigenvalue weighted by Crippen LogP contribution is -2.27. The highest BCUT2D eigenvalue weighted by Crippen LogP contribution is 2.40. The third kappa shape index (κ3) is 4.44. The number of rotatable bonds is 4. The molecule has 4 aromatic rings. The van der Waals surface area contributed by atoms with E-state index in [2.05, 4.69) is 25.9 Å². The van der Waals surface area contributed by atoms with Crippen LogP contribution < -0.4 is 9.64 Å². The molecule has 10 heteroatoms. The van der Waals surface area contributed by atoms with E-state index in [1.807, 2.05) is 54.6 Å². The smallest absolute Gasteiger partial charge is 0.270 e. The maximum atomic E-state index is 14.3. The summed E-state index contributed by atoms with van der Waals surface area (Å²) in [7, 11) is 0. The fourth-order valence-corrected chi connectivity index (χ4v) is 5.10. The van der Waals surface area contributed by atoms with Gasteiger partial charge >= 0.3 is 0 Å². The molecule has 1 aliphatic heterocycles. The normalized spacial score (nSPS) is 14.9. The van der Waals surface area contributed by atoms with Gasteiger partial charge in [-0.3, -0.25) is 9.69 Å². The molecule has 0 radical (unpaired) electrons. The van der Waals surface area contributed by atoms with Gasteiger partial charge in [0.25, 0.3) is 11.8 Å². The Morgan fingerprint density at radius 2 is 1.88 bits per heavy atom. The van der Waals surface area contributed by atoms with Gasteiger partial charge in [-0.1, -0.05) is 70.2 Å². The van der Waals surface area contributed by atoms with Crippen LogP contribution in [0.2, 0.25) is 5.28 Å². The molecule has 1 aliphatic rings. The summed E-state index contributed by atoms with van der Waals surface area (Å²) in [4.78, 5) is 22.7. The van der Waals surface area contributed by atoms with E-state index in [0.717, 1.165) is 21.4 Å². The molecule has 0 aliphatic carbocycles. The lowest BCUT2D eigenvalue weighted by atomic mass is 10.0. The van der Waals surface area contributed by atoms with Gasteiger partial charge in [-0.2, -0.15) is 9.37 Å². The number of aromatic nitrogens is 2. The Morgan fingerprint density at radius 3 is 2.68 bits per heavy atom. The van der Waals surface area contributed by atoms with Gasteiger partial charge in [0.05, 0.1) is 16.8 Å². The van der Waals surface area contributed by atoms with E-state index in [9.17, 15) is 9.18 Å². The molecule has 0 N–H and O–H groups in total.